The highest BCUT2D eigenvalue weighted by atomic mass is 19.1. The van der Waals surface area contributed by atoms with Crippen LogP contribution in [0.3, 0.4) is 0 Å². The predicted molar refractivity (Wildman–Crippen MR) is 60.5 cm³/mol. The van der Waals surface area contributed by atoms with Gasteiger partial charge in [0.15, 0.2) is 0 Å². The van der Waals surface area contributed by atoms with E-state index in [-0.39, 0.29) is 17.4 Å². The third-order valence-corrected chi connectivity index (χ3v) is 1.99. The highest BCUT2D eigenvalue weighted by Gasteiger charge is 2.16. The fraction of sp³-hybridized carbons (Fsp3) is 0.500. The Hall–Kier alpha value is -1.13. The number of benzene rings is 1. The Balaban J connectivity index is 2.70. The average Bonchev–Trinajstić information content (AvgIpc) is 2.13. The summed E-state index contributed by atoms with van der Waals surface area (Å²) in [5.74, 6) is -0.525. The molecule has 0 bridgehead atoms. The van der Waals surface area contributed by atoms with Gasteiger partial charge in [-0.25, -0.2) is 4.39 Å². The molecule has 1 aromatic carbocycles. The monoisotopic (exact) mass is 227 g/mol. The van der Waals surface area contributed by atoms with Gasteiger partial charge in [0.25, 0.3) is 0 Å². The van der Waals surface area contributed by atoms with E-state index in [2.05, 4.69) is 5.48 Å². The number of phenols is 1. The molecule has 0 amide bonds. The Labute approximate surface area is 95.2 Å². The first kappa shape index (κ1) is 12.9. The highest BCUT2D eigenvalue weighted by molar-refractivity contribution is 5.29. The van der Waals surface area contributed by atoms with Gasteiger partial charge in [-0.2, -0.15) is 5.48 Å². The van der Waals surface area contributed by atoms with Gasteiger partial charge in [-0.05, 0) is 33.8 Å². The molecule has 0 heterocycles. The van der Waals surface area contributed by atoms with E-state index in [1.54, 1.807) is 6.92 Å². The van der Waals surface area contributed by atoms with Crippen LogP contribution in [0.4, 0.5) is 4.39 Å². The second kappa shape index (κ2) is 4.80. The van der Waals surface area contributed by atoms with Crippen LogP contribution in [0.5, 0.6) is 5.75 Å². The molecule has 0 aliphatic carbocycles. The summed E-state index contributed by atoms with van der Waals surface area (Å²) in [5, 5.41) is 9.09. The van der Waals surface area contributed by atoms with E-state index in [1.807, 2.05) is 20.8 Å². The number of phenolic OH excluding ortho intramolecular Hbond substituents is 1. The number of hydrogen-bond donors (Lipinski definition) is 2. The van der Waals surface area contributed by atoms with Crippen LogP contribution in [0.15, 0.2) is 18.2 Å². The van der Waals surface area contributed by atoms with Gasteiger partial charge in [0.1, 0.15) is 11.6 Å². The van der Waals surface area contributed by atoms with Crippen molar-refractivity contribution in [2.45, 2.75) is 39.3 Å². The minimum atomic E-state index is -0.447. The van der Waals surface area contributed by atoms with E-state index in [0.29, 0.717) is 5.56 Å². The molecule has 0 aromatic heterocycles. The lowest BCUT2D eigenvalue weighted by atomic mass is 10.1. The van der Waals surface area contributed by atoms with E-state index >= 15 is 0 Å². The normalized spacial score (nSPS) is 13.8. The standard InChI is InChI=1S/C12H18FNO2/c1-8(14-16-12(2,3)4)10-6-5-9(15)7-11(10)13/h5-8,14-15H,1-4H3. The Morgan fingerprint density at radius 3 is 2.50 bits per heavy atom. The zero-order valence-electron chi connectivity index (χ0n) is 10.0. The largest absolute Gasteiger partial charge is 0.508 e. The third-order valence-electron chi connectivity index (χ3n) is 1.99. The molecule has 1 unspecified atom stereocenters. The van der Waals surface area contributed by atoms with Gasteiger partial charge in [0, 0.05) is 11.6 Å². The van der Waals surface area contributed by atoms with Crippen molar-refractivity contribution in [3.63, 3.8) is 0 Å². The Kier molecular flexibility index (Phi) is 3.88. The van der Waals surface area contributed by atoms with Crippen molar-refractivity contribution in [3.05, 3.63) is 29.6 Å². The van der Waals surface area contributed by atoms with Gasteiger partial charge in [-0.1, -0.05) is 6.07 Å². The van der Waals surface area contributed by atoms with E-state index in [0.717, 1.165) is 6.07 Å². The molecule has 0 aliphatic heterocycles. The molecule has 0 saturated carbocycles. The molecule has 16 heavy (non-hydrogen) atoms. The zero-order valence-corrected chi connectivity index (χ0v) is 10.0. The second-order valence-electron chi connectivity index (χ2n) is 4.76. The molecular formula is C12H18FNO2. The molecule has 4 heteroatoms. The quantitative estimate of drug-likeness (QED) is 0.780. The maximum absolute atomic E-state index is 13.5. The number of nitrogens with one attached hydrogen (secondary N) is 1. The maximum atomic E-state index is 13.5. The van der Waals surface area contributed by atoms with Gasteiger partial charge >= 0.3 is 0 Å². The first-order chi connectivity index (χ1) is 7.29. The molecule has 3 nitrogen and oxygen atoms in total. The lowest BCUT2D eigenvalue weighted by Crippen LogP contribution is -2.31. The molecule has 0 aliphatic rings. The molecule has 1 aromatic rings. The molecule has 0 fully saturated rings. The molecule has 1 rings (SSSR count). The van der Waals surface area contributed by atoms with Crippen molar-refractivity contribution >= 4 is 0 Å². The first-order valence-corrected chi connectivity index (χ1v) is 5.21. The molecule has 2 N–H and O–H groups in total. The fourth-order valence-electron chi connectivity index (χ4n) is 1.20. The summed E-state index contributed by atoms with van der Waals surface area (Å²) in [6.07, 6.45) is 0. The SMILES string of the molecule is CC(NOC(C)(C)C)c1ccc(O)cc1F. The van der Waals surface area contributed by atoms with Crippen LogP contribution >= 0.6 is 0 Å². The van der Waals surface area contributed by atoms with Crippen molar-refractivity contribution < 1.29 is 14.3 Å². The minimum Gasteiger partial charge on any atom is -0.508 e. The lowest BCUT2D eigenvalue weighted by Gasteiger charge is -2.23. The van der Waals surface area contributed by atoms with E-state index in [4.69, 9.17) is 9.94 Å². The maximum Gasteiger partial charge on any atom is 0.131 e. The van der Waals surface area contributed by atoms with E-state index < -0.39 is 5.82 Å². The molecule has 1 atom stereocenters. The third kappa shape index (κ3) is 3.79. The summed E-state index contributed by atoms with van der Waals surface area (Å²) < 4.78 is 13.5. The smallest absolute Gasteiger partial charge is 0.131 e. The second-order valence-corrected chi connectivity index (χ2v) is 4.76. The van der Waals surface area contributed by atoms with Crippen LogP contribution in [-0.2, 0) is 4.84 Å². The summed E-state index contributed by atoms with van der Waals surface area (Å²) in [6.45, 7) is 7.50. The molecule has 0 saturated heterocycles. The van der Waals surface area contributed by atoms with Gasteiger partial charge in [0.2, 0.25) is 0 Å². The summed E-state index contributed by atoms with van der Waals surface area (Å²) >= 11 is 0. The van der Waals surface area contributed by atoms with E-state index in [1.165, 1.54) is 12.1 Å². The number of halogens is 1. The summed E-state index contributed by atoms with van der Waals surface area (Å²) in [6, 6.07) is 3.80. The van der Waals surface area contributed by atoms with Crippen LogP contribution in [0, 0.1) is 5.82 Å². The van der Waals surface area contributed by atoms with Crippen LogP contribution < -0.4 is 5.48 Å². The zero-order chi connectivity index (χ0) is 12.3. The first-order valence-electron chi connectivity index (χ1n) is 5.21. The predicted octanol–water partition coefficient (Wildman–Crippen LogP) is 2.91. The fourth-order valence-corrected chi connectivity index (χ4v) is 1.20. The molecular weight excluding hydrogens is 209 g/mol. The van der Waals surface area contributed by atoms with Gasteiger partial charge in [-0.3, -0.25) is 4.84 Å². The van der Waals surface area contributed by atoms with Crippen LogP contribution in [0.1, 0.15) is 39.3 Å². The van der Waals surface area contributed by atoms with Crippen molar-refractivity contribution in [1.82, 2.24) is 5.48 Å². The van der Waals surface area contributed by atoms with Gasteiger partial charge in [0.05, 0.1) is 11.6 Å². The van der Waals surface area contributed by atoms with Crippen molar-refractivity contribution in [2.75, 3.05) is 0 Å². The van der Waals surface area contributed by atoms with Crippen molar-refractivity contribution in [1.29, 1.82) is 0 Å². The van der Waals surface area contributed by atoms with Gasteiger partial charge in [-0.15, -0.1) is 0 Å². The summed E-state index contributed by atoms with van der Waals surface area (Å²) in [4.78, 5) is 5.35. The van der Waals surface area contributed by atoms with E-state index in [9.17, 15) is 4.39 Å². The summed E-state index contributed by atoms with van der Waals surface area (Å²) in [7, 11) is 0. The number of rotatable bonds is 3. The Morgan fingerprint density at radius 2 is 2.00 bits per heavy atom. The highest BCUT2D eigenvalue weighted by Crippen LogP contribution is 2.21. The average molecular weight is 227 g/mol. The lowest BCUT2D eigenvalue weighted by molar-refractivity contribution is -0.0870. The van der Waals surface area contributed by atoms with Crippen LogP contribution in [-0.4, -0.2) is 10.7 Å². The van der Waals surface area contributed by atoms with Gasteiger partial charge < -0.3 is 5.11 Å². The summed E-state index contributed by atoms with van der Waals surface area (Å²) in [5.41, 5.74) is 2.91. The number of hydrogen-bond acceptors (Lipinski definition) is 3. The van der Waals surface area contributed by atoms with Crippen LogP contribution in [0.2, 0.25) is 0 Å². The molecule has 90 valence electrons. The van der Waals surface area contributed by atoms with Crippen LogP contribution in [0.25, 0.3) is 0 Å². The number of aromatic hydroxyl groups is 1. The minimum absolute atomic E-state index is 0.0785. The molecule has 0 radical (unpaired) electrons. The van der Waals surface area contributed by atoms with Crippen molar-refractivity contribution in [2.24, 2.45) is 0 Å². The Bertz CT molecular complexity index is 361. The van der Waals surface area contributed by atoms with Crippen molar-refractivity contribution in [3.8, 4) is 5.75 Å². The number of hydroxylamine groups is 1. The molecule has 0 spiro atoms. The topological polar surface area (TPSA) is 41.5 Å². The Morgan fingerprint density at radius 1 is 1.38 bits per heavy atom.